The molecule has 1 saturated heterocycles. The van der Waals surface area contributed by atoms with Crippen LogP contribution in [0.15, 0.2) is 0 Å². The lowest BCUT2D eigenvalue weighted by molar-refractivity contribution is -0.271. The van der Waals surface area contributed by atoms with E-state index in [1.54, 1.807) is 0 Å². The first-order valence-corrected chi connectivity index (χ1v) is 4.59. The standard InChI is InChI=1S/C8H15NO6/c1-4(11)9-15-7-2-5(12)8(13)6(3-10)14-7/h5-8,10,12-13H,2-3H2,1H3,(H,9,11)/t5-,6+,7?,8+/m0/s1. The highest BCUT2D eigenvalue weighted by Crippen LogP contribution is 2.20. The minimum atomic E-state index is -1.15. The van der Waals surface area contributed by atoms with E-state index in [9.17, 15) is 15.0 Å². The molecular weight excluding hydrogens is 206 g/mol. The van der Waals surface area contributed by atoms with Crippen LogP contribution >= 0.6 is 0 Å². The predicted molar refractivity (Wildman–Crippen MR) is 47.3 cm³/mol. The second-order valence-electron chi connectivity index (χ2n) is 3.36. The maximum absolute atomic E-state index is 10.5. The molecule has 7 heteroatoms. The first-order valence-electron chi connectivity index (χ1n) is 4.59. The molecule has 15 heavy (non-hydrogen) atoms. The second-order valence-corrected chi connectivity index (χ2v) is 3.36. The molecule has 4 atom stereocenters. The van der Waals surface area contributed by atoms with Gasteiger partial charge in [0.25, 0.3) is 0 Å². The fraction of sp³-hybridized carbons (Fsp3) is 0.875. The number of hydrogen-bond donors (Lipinski definition) is 4. The molecule has 4 N–H and O–H groups in total. The lowest BCUT2D eigenvalue weighted by Crippen LogP contribution is -2.51. The predicted octanol–water partition coefficient (Wildman–Crippen LogP) is -2.12. The molecule has 1 fully saturated rings. The monoisotopic (exact) mass is 221 g/mol. The van der Waals surface area contributed by atoms with Crippen LogP contribution in [0.25, 0.3) is 0 Å². The molecule has 1 heterocycles. The van der Waals surface area contributed by atoms with Crippen molar-refractivity contribution < 1.29 is 29.7 Å². The molecule has 0 bridgehead atoms. The SMILES string of the molecule is CC(=O)NOC1C[C@H](O)[C@@H](O)[C@@H](CO)O1. The van der Waals surface area contributed by atoms with Crippen molar-refractivity contribution in [3.05, 3.63) is 0 Å². The number of amides is 1. The van der Waals surface area contributed by atoms with Crippen molar-refractivity contribution in [1.29, 1.82) is 0 Å². The maximum Gasteiger partial charge on any atom is 0.240 e. The third-order valence-corrected chi connectivity index (χ3v) is 2.05. The molecule has 1 aliphatic rings. The minimum Gasteiger partial charge on any atom is -0.394 e. The summed E-state index contributed by atoms with van der Waals surface area (Å²) in [6, 6.07) is 0. The van der Waals surface area contributed by atoms with Crippen molar-refractivity contribution in [2.45, 2.75) is 37.9 Å². The minimum absolute atomic E-state index is 0.0257. The summed E-state index contributed by atoms with van der Waals surface area (Å²) in [6.07, 6.45) is -3.95. The highest BCUT2D eigenvalue weighted by Gasteiger charge is 2.37. The normalized spacial score (nSPS) is 36.3. The smallest absolute Gasteiger partial charge is 0.240 e. The maximum atomic E-state index is 10.5. The van der Waals surface area contributed by atoms with E-state index in [4.69, 9.17) is 14.7 Å². The summed E-state index contributed by atoms with van der Waals surface area (Å²) in [6.45, 7) is 0.829. The summed E-state index contributed by atoms with van der Waals surface area (Å²) in [5.41, 5.74) is 2.06. The van der Waals surface area contributed by atoms with E-state index in [0.717, 1.165) is 0 Å². The Balaban J connectivity index is 2.44. The van der Waals surface area contributed by atoms with E-state index in [0.29, 0.717) is 0 Å². The van der Waals surface area contributed by atoms with Gasteiger partial charge in [-0.05, 0) is 0 Å². The zero-order chi connectivity index (χ0) is 11.4. The molecule has 1 amide bonds. The number of hydrogen-bond acceptors (Lipinski definition) is 6. The van der Waals surface area contributed by atoms with Gasteiger partial charge in [0.15, 0.2) is 6.29 Å². The van der Waals surface area contributed by atoms with E-state index in [1.807, 2.05) is 0 Å². The van der Waals surface area contributed by atoms with Gasteiger partial charge < -0.3 is 20.1 Å². The van der Waals surface area contributed by atoms with Gasteiger partial charge in [-0.25, -0.2) is 10.3 Å². The number of ether oxygens (including phenoxy) is 1. The van der Waals surface area contributed by atoms with Crippen molar-refractivity contribution in [3.8, 4) is 0 Å². The number of rotatable bonds is 3. The first-order chi connectivity index (χ1) is 7.04. The Morgan fingerprint density at radius 2 is 2.27 bits per heavy atom. The molecule has 7 nitrogen and oxygen atoms in total. The molecule has 1 rings (SSSR count). The molecule has 0 aromatic heterocycles. The molecule has 88 valence electrons. The van der Waals surface area contributed by atoms with Crippen LogP contribution in [0.1, 0.15) is 13.3 Å². The van der Waals surface area contributed by atoms with Crippen LogP contribution in [0.5, 0.6) is 0 Å². The number of carbonyl (C=O) groups is 1. The molecule has 0 aromatic rings. The zero-order valence-electron chi connectivity index (χ0n) is 8.29. The summed E-state index contributed by atoms with van der Waals surface area (Å²) in [5.74, 6) is -0.403. The van der Waals surface area contributed by atoms with Crippen LogP contribution in [0.2, 0.25) is 0 Å². The lowest BCUT2D eigenvalue weighted by atomic mass is 10.0. The van der Waals surface area contributed by atoms with Gasteiger partial charge >= 0.3 is 0 Å². The van der Waals surface area contributed by atoms with Crippen LogP contribution < -0.4 is 5.48 Å². The number of aliphatic hydroxyl groups is 3. The average molecular weight is 221 g/mol. The molecule has 0 saturated carbocycles. The molecule has 0 spiro atoms. The summed E-state index contributed by atoms with van der Waals surface area (Å²) < 4.78 is 5.07. The van der Waals surface area contributed by atoms with Gasteiger partial charge in [-0.2, -0.15) is 0 Å². The summed E-state index contributed by atoms with van der Waals surface area (Å²) in [5, 5.41) is 27.6. The Bertz CT molecular complexity index is 223. The third kappa shape index (κ3) is 3.40. The summed E-state index contributed by atoms with van der Waals surface area (Å²) in [4.78, 5) is 15.3. The average Bonchev–Trinajstić information content (AvgIpc) is 2.19. The zero-order valence-corrected chi connectivity index (χ0v) is 8.29. The molecule has 0 aliphatic carbocycles. The van der Waals surface area contributed by atoms with Gasteiger partial charge in [0, 0.05) is 13.3 Å². The molecule has 0 radical (unpaired) electrons. The topological polar surface area (TPSA) is 108 Å². The fourth-order valence-electron chi connectivity index (χ4n) is 1.29. The van der Waals surface area contributed by atoms with E-state index >= 15 is 0 Å². The van der Waals surface area contributed by atoms with Crippen molar-refractivity contribution in [2.75, 3.05) is 6.61 Å². The van der Waals surface area contributed by atoms with Crippen molar-refractivity contribution in [1.82, 2.24) is 5.48 Å². The first kappa shape index (κ1) is 12.3. The van der Waals surface area contributed by atoms with E-state index < -0.39 is 37.1 Å². The largest absolute Gasteiger partial charge is 0.394 e. The second kappa shape index (κ2) is 5.38. The van der Waals surface area contributed by atoms with Crippen molar-refractivity contribution >= 4 is 5.91 Å². The van der Waals surface area contributed by atoms with Gasteiger partial charge in [-0.15, -0.1) is 0 Å². The van der Waals surface area contributed by atoms with Gasteiger partial charge in [0.2, 0.25) is 5.91 Å². The van der Waals surface area contributed by atoms with Crippen LogP contribution in [0.3, 0.4) is 0 Å². The van der Waals surface area contributed by atoms with Gasteiger partial charge in [0.05, 0.1) is 12.7 Å². The molecule has 1 aliphatic heterocycles. The Kier molecular flexibility index (Phi) is 4.43. The number of aliphatic hydroxyl groups excluding tert-OH is 3. The van der Waals surface area contributed by atoms with E-state index in [2.05, 4.69) is 5.48 Å². The fourth-order valence-corrected chi connectivity index (χ4v) is 1.29. The highest BCUT2D eigenvalue weighted by molar-refractivity contribution is 5.71. The highest BCUT2D eigenvalue weighted by atomic mass is 16.8. The Morgan fingerprint density at radius 3 is 2.80 bits per heavy atom. The van der Waals surface area contributed by atoms with Crippen molar-refractivity contribution in [3.63, 3.8) is 0 Å². The Morgan fingerprint density at radius 1 is 1.60 bits per heavy atom. The van der Waals surface area contributed by atoms with Gasteiger partial charge in [0.1, 0.15) is 12.2 Å². The van der Waals surface area contributed by atoms with Gasteiger partial charge in [-0.1, -0.05) is 0 Å². The van der Waals surface area contributed by atoms with Crippen LogP contribution in [-0.4, -0.2) is 52.4 Å². The van der Waals surface area contributed by atoms with Crippen LogP contribution in [-0.2, 0) is 14.4 Å². The quantitative estimate of drug-likeness (QED) is 0.406. The number of hydroxylamine groups is 1. The van der Waals surface area contributed by atoms with E-state index in [-0.39, 0.29) is 6.42 Å². The summed E-state index contributed by atoms with van der Waals surface area (Å²) >= 11 is 0. The van der Waals surface area contributed by atoms with Crippen LogP contribution in [0, 0.1) is 0 Å². The van der Waals surface area contributed by atoms with Gasteiger partial charge in [-0.3, -0.25) is 4.79 Å². The molecule has 1 unspecified atom stereocenters. The molecule has 0 aromatic carbocycles. The number of nitrogens with one attached hydrogen (secondary N) is 1. The van der Waals surface area contributed by atoms with E-state index in [1.165, 1.54) is 6.92 Å². The third-order valence-electron chi connectivity index (χ3n) is 2.05. The lowest BCUT2D eigenvalue weighted by Gasteiger charge is -2.35. The number of carbonyl (C=O) groups excluding carboxylic acids is 1. The molecular formula is C8H15NO6. The Hall–Kier alpha value is -0.730. The summed E-state index contributed by atoms with van der Waals surface area (Å²) in [7, 11) is 0. The van der Waals surface area contributed by atoms with Crippen LogP contribution in [0.4, 0.5) is 0 Å². The Labute approximate surface area is 86.6 Å². The van der Waals surface area contributed by atoms with Crippen molar-refractivity contribution in [2.24, 2.45) is 0 Å².